The summed E-state index contributed by atoms with van der Waals surface area (Å²) in [5, 5.41) is 17.6. The van der Waals surface area contributed by atoms with E-state index >= 15 is 0 Å². The third-order valence-corrected chi connectivity index (χ3v) is 2.42. The Morgan fingerprint density at radius 1 is 1.44 bits per heavy atom. The monoisotopic (exact) mass is 224 g/mol. The molecule has 4 nitrogen and oxygen atoms in total. The molecule has 0 spiro atoms. The van der Waals surface area contributed by atoms with Crippen LogP contribution in [0.2, 0.25) is 0 Å². The van der Waals surface area contributed by atoms with Crippen LogP contribution in [0.3, 0.4) is 0 Å². The van der Waals surface area contributed by atoms with E-state index in [-0.39, 0.29) is 18.6 Å². The number of carboxylic acids is 1. The van der Waals surface area contributed by atoms with Gasteiger partial charge in [-0.05, 0) is 30.9 Å². The Labute approximate surface area is 94.3 Å². The lowest BCUT2D eigenvalue weighted by atomic mass is 10.1. The highest BCUT2D eigenvalue weighted by molar-refractivity contribution is 5.98. The second-order valence-electron chi connectivity index (χ2n) is 3.83. The molecular formula is C12H16O4. The first-order chi connectivity index (χ1) is 7.59. The predicted molar refractivity (Wildman–Crippen MR) is 59.0 cm³/mol. The van der Waals surface area contributed by atoms with Crippen molar-refractivity contribution < 1.29 is 19.8 Å². The fraction of sp³-hybridized carbons (Fsp3) is 0.500. The van der Waals surface area contributed by atoms with Crippen LogP contribution in [0.1, 0.15) is 32.1 Å². The number of carbonyl (C=O) groups is 2. The Bertz CT molecular complexity index is 328. The molecule has 0 radical (unpaired) electrons. The van der Waals surface area contributed by atoms with Crippen LogP contribution in [0.4, 0.5) is 0 Å². The number of hydrogen-bond donors (Lipinski definition) is 2. The van der Waals surface area contributed by atoms with Crippen LogP contribution in [-0.4, -0.2) is 28.1 Å². The van der Waals surface area contributed by atoms with Crippen LogP contribution in [0.25, 0.3) is 0 Å². The zero-order chi connectivity index (χ0) is 12.0. The van der Waals surface area contributed by atoms with Gasteiger partial charge >= 0.3 is 5.97 Å². The predicted octanol–water partition coefficient (Wildman–Crippen LogP) is 1.45. The van der Waals surface area contributed by atoms with Gasteiger partial charge in [-0.3, -0.25) is 9.59 Å². The first kappa shape index (κ1) is 12.6. The molecule has 1 aliphatic rings. The molecule has 1 aliphatic carbocycles. The quantitative estimate of drug-likeness (QED) is 0.669. The Morgan fingerprint density at radius 2 is 2.12 bits per heavy atom. The minimum absolute atomic E-state index is 0.0198. The van der Waals surface area contributed by atoms with Gasteiger partial charge in [0.25, 0.3) is 0 Å². The lowest BCUT2D eigenvalue weighted by Crippen LogP contribution is -2.01. The summed E-state index contributed by atoms with van der Waals surface area (Å²) in [5.74, 6) is -0.784. The van der Waals surface area contributed by atoms with E-state index in [4.69, 9.17) is 5.11 Å². The molecule has 0 aromatic heterocycles. The smallest absolute Gasteiger partial charge is 0.303 e. The van der Waals surface area contributed by atoms with Crippen molar-refractivity contribution in [2.24, 2.45) is 0 Å². The second kappa shape index (κ2) is 6.23. The van der Waals surface area contributed by atoms with Crippen molar-refractivity contribution in [1.82, 2.24) is 0 Å². The summed E-state index contributed by atoms with van der Waals surface area (Å²) in [6, 6.07) is 0. The number of carbonyl (C=O) groups excluding carboxylic acids is 1. The number of aliphatic hydroxyl groups excluding tert-OH is 1. The van der Waals surface area contributed by atoms with E-state index in [2.05, 4.69) is 0 Å². The average Bonchev–Trinajstić information content (AvgIpc) is 2.50. The molecule has 0 aromatic rings. The summed E-state index contributed by atoms with van der Waals surface area (Å²) in [4.78, 5) is 21.5. The lowest BCUT2D eigenvalue weighted by molar-refractivity contribution is -0.136. The molecule has 0 saturated carbocycles. The van der Waals surface area contributed by atoms with E-state index < -0.39 is 12.1 Å². The summed E-state index contributed by atoms with van der Waals surface area (Å²) in [5.41, 5.74) is 0.690. The molecule has 0 aromatic carbocycles. The van der Waals surface area contributed by atoms with Gasteiger partial charge in [0.2, 0.25) is 0 Å². The van der Waals surface area contributed by atoms with Crippen LogP contribution < -0.4 is 0 Å². The van der Waals surface area contributed by atoms with Crippen molar-refractivity contribution in [3.05, 3.63) is 23.8 Å². The number of carboxylic acid groups (broad SMARTS) is 1. The number of aliphatic carboxylic acids is 1. The minimum Gasteiger partial charge on any atom is -0.481 e. The maximum Gasteiger partial charge on any atom is 0.303 e. The third-order valence-electron chi connectivity index (χ3n) is 2.42. The maximum absolute atomic E-state index is 11.3. The van der Waals surface area contributed by atoms with E-state index in [1.54, 1.807) is 6.08 Å². The number of allylic oxidation sites excluding steroid dienone is 3. The first-order valence-electron chi connectivity index (χ1n) is 5.38. The van der Waals surface area contributed by atoms with Crippen molar-refractivity contribution in [3.63, 3.8) is 0 Å². The van der Waals surface area contributed by atoms with Gasteiger partial charge in [0.15, 0.2) is 5.78 Å². The van der Waals surface area contributed by atoms with Gasteiger partial charge in [-0.1, -0.05) is 12.2 Å². The zero-order valence-corrected chi connectivity index (χ0v) is 9.06. The number of hydrogen-bond acceptors (Lipinski definition) is 3. The molecule has 2 N–H and O–H groups in total. The normalized spacial score (nSPS) is 20.4. The Hall–Kier alpha value is -1.42. The molecule has 0 amide bonds. The highest BCUT2D eigenvalue weighted by Gasteiger charge is 2.20. The second-order valence-corrected chi connectivity index (χ2v) is 3.83. The molecule has 16 heavy (non-hydrogen) atoms. The average molecular weight is 224 g/mol. The van der Waals surface area contributed by atoms with Gasteiger partial charge in [0.05, 0.1) is 6.10 Å². The van der Waals surface area contributed by atoms with Crippen molar-refractivity contribution in [2.45, 2.75) is 38.2 Å². The molecule has 0 saturated heterocycles. The lowest BCUT2D eigenvalue weighted by Gasteiger charge is -1.95. The largest absolute Gasteiger partial charge is 0.481 e. The van der Waals surface area contributed by atoms with Crippen molar-refractivity contribution in [2.75, 3.05) is 0 Å². The van der Waals surface area contributed by atoms with E-state index in [0.717, 1.165) is 0 Å². The van der Waals surface area contributed by atoms with E-state index in [1.807, 2.05) is 12.2 Å². The van der Waals surface area contributed by atoms with Crippen LogP contribution in [0.5, 0.6) is 0 Å². The standard InChI is InChI=1S/C12H16O4/c13-10-7-9(11(14)8-10)5-3-1-2-4-6-12(15)16/h1-2,7,10,13H,3-6,8H2,(H,15,16)/b2-1-/t10-/m0/s1. The summed E-state index contributed by atoms with van der Waals surface area (Å²) >= 11 is 0. The van der Waals surface area contributed by atoms with Gasteiger partial charge in [-0.25, -0.2) is 0 Å². The van der Waals surface area contributed by atoms with Gasteiger partial charge in [-0.2, -0.15) is 0 Å². The fourth-order valence-corrected chi connectivity index (χ4v) is 1.61. The van der Waals surface area contributed by atoms with E-state index in [0.29, 0.717) is 24.8 Å². The highest BCUT2D eigenvalue weighted by Crippen LogP contribution is 2.19. The molecule has 0 heterocycles. The van der Waals surface area contributed by atoms with Gasteiger partial charge < -0.3 is 10.2 Å². The van der Waals surface area contributed by atoms with Gasteiger partial charge in [0, 0.05) is 12.8 Å². The zero-order valence-electron chi connectivity index (χ0n) is 9.06. The minimum atomic E-state index is -0.804. The Morgan fingerprint density at radius 3 is 2.69 bits per heavy atom. The first-order valence-corrected chi connectivity index (χ1v) is 5.38. The summed E-state index contributed by atoms with van der Waals surface area (Å²) in [6.45, 7) is 0. The van der Waals surface area contributed by atoms with Crippen molar-refractivity contribution >= 4 is 11.8 Å². The number of Topliss-reactive ketones (excluding diaryl/α,β-unsaturated/α-hetero) is 1. The summed E-state index contributed by atoms with van der Waals surface area (Å²) in [7, 11) is 0. The molecule has 0 unspecified atom stereocenters. The van der Waals surface area contributed by atoms with Crippen molar-refractivity contribution in [1.29, 1.82) is 0 Å². The van der Waals surface area contributed by atoms with Gasteiger partial charge in [0.1, 0.15) is 0 Å². The molecule has 88 valence electrons. The van der Waals surface area contributed by atoms with Crippen LogP contribution in [0.15, 0.2) is 23.8 Å². The number of ketones is 1. The molecule has 1 rings (SSSR count). The highest BCUT2D eigenvalue weighted by atomic mass is 16.4. The Kier molecular flexibility index (Phi) is 4.92. The maximum atomic E-state index is 11.3. The SMILES string of the molecule is O=C(O)CC/C=C\CCC1=C[C@H](O)CC1=O. The summed E-state index contributed by atoms with van der Waals surface area (Å²) < 4.78 is 0. The molecule has 0 aliphatic heterocycles. The molecule has 0 bridgehead atoms. The van der Waals surface area contributed by atoms with Crippen LogP contribution in [0, 0.1) is 0 Å². The molecule has 0 fully saturated rings. The van der Waals surface area contributed by atoms with Crippen molar-refractivity contribution in [3.8, 4) is 0 Å². The summed E-state index contributed by atoms with van der Waals surface area (Å²) in [6.07, 6.45) is 6.88. The number of aliphatic hydroxyl groups is 1. The van der Waals surface area contributed by atoms with Crippen LogP contribution >= 0.6 is 0 Å². The molecule has 4 heteroatoms. The van der Waals surface area contributed by atoms with E-state index in [1.165, 1.54) is 0 Å². The molecule has 1 atom stereocenters. The van der Waals surface area contributed by atoms with E-state index in [9.17, 15) is 14.7 Å². The fourth-order valence-electron chi connectivity index (χ4n) is 1.61. The van der Waals surface area contributed by atoms with Gasteiger partial charge in [-0.15, -0.1) is 0 Å². The Balaban J connectivity index is 2.18. The molecular weight excluding hydrogens is 208 g/mol. The van der Waals surface area contributed by atoms with Crippen LogP contribution in [-0.2, 0) is 9.59 Å². The topological polar surface area (TPSA) is 74.6 Å². The third kappa shape index (κ3) is 4.40. The number of rotatable bonds is 6.